The fourth-order valence-electron chi connectivity index (χ4n) is 4.08. The van der Waals surface area contributed by atoms with Gasteiger partial charge < -0.3 is 9.80 Å². The average Bonchev–Trinajstić information content (AvgIpc) is 2.56. The van der Waals surface area contributed by atoms with E-state index in [1.165, 1.54) is 38.5 Å². The Morgan fingerprint density at radius 1 is 1.18 bits per heavy atom. The van der Waals surface area contributed by atoms with Gasteiger partial charge in [0.15, 0.2) is 0 Å². The first-order valence-electron chi connectivity index (χ1n) is 8.39. The Bertz CT molecular complexity index is 525. The highest BCUT2D eigenvalue weighted by Gasteiger charge is 2.38. The fraction of sp³-hybridized carbons (Fsp3) is 0.667. The van der Waals surface area contributed by atoms with Gasteiger partial charge in [0.2, 0.25) is 0 Å². The van der Waals surface area contributed by atoms with Crippen molar-refractivity contribution in [2.45, 2.75) is 44.6 Å². The van der Waals surface area contributed by atoms with Gasteiger partial charge in [0.25, 0.3) is 0 Å². The maximum atomic E-state index is 8.86. The summed E-state index contributed by atoms with van der Waals surface area (Å²) in [7, 11) is 4.42. The molecule has 1 spiro atoms. The molecule has 1 saturated carbocycles. The Labute approximate surface area is 133 Å². The molecule has 0 radical (unpaired) electrons. The van der Waals surface area contributed by atoms with Gasteiger partial charge in [-0.1, -0.05) is 0 Å². The summed E-state index contributed by atoms with van der Waals surface area (Å²) in [6, 6.07) is 6.77. The van der Waals surface area contributed by atoms with Crippen LogP contribution in [0.15, 0.2) is 18.3 Å². The zero-order valence-electron chi connectivity index (χ0n) is 13.8. The van der Waals surface area contributed by atoms with Crippen molar-refractivity contribution in [3.05, 3.63) is 23.9 Å². The normalized spacial score (nSPS) is 22.0. The van der Waals surface area contributed by atoms with Crippen molar-refractivity contribution in [3.63, 3.8) is 0 Å². The topological polar surface area (TPSA) is 43.2 Å². The Morgan fingerprint density at radius 3 is 2.36 bits per heavy atom. The van der Waals surface area contributed by atoms with Crippen LogP contribution in [0.25, 0.3) is 0 Å². The number of rotatable bonds is 2. The van der Waals surface area contributed by atoms with E-state index < -0.39 is 0 Å². The number of hydrogen-bond acceptors (Lipinski definition) is 4. The molecule has 1 aliphatic heterocycles. The maximum absolute atomic E-state index is 8.86. The molecule has 1 aromatic rings. The Hall–Kier alpha value is -1.60. The lowest BCUT2D eigenvalue weighted by atomic mass is 9.67. The first-order chi connectivity index (χ1) is 10.6. The minimum Gasteiger partial charge on any atom is -0.357 e. The van der Waals surface area contributed by atoms with E-state index in [0.717, 1.165) is 24.9 Å². The molecule has 0 unspecified atom stereocenters. The van der Waals surface area contributed by atoms with Crippen LogP contribution in [0.3, 0.4) is 0 Å². The standard InChI is InChI=1S/C18H26N4/c1-21(2)16-5-7-18(8-6-16)9-11-22(12-10-18)17-4-3-15(13-19)14-20-17/h3-4,14,16H,5-12H2,1-2H3. The van der Waals surface area contributed by atoms with Crippen LogP contribution >= 0.6 is 0 Å². The fourth-order valence-corrected chi connectivity index (χ4v) is 4.08. The maximum Gasteiger partial charge on any atom is 0.128 e. The number of aromatic nitrogens is 1. The lowest BCUT2D eigenvalue weighted by Gasteiger charge is -2.47. The molecule has 1 saturated heterocycles. The number of piperidine rings is 1. The van der Waals surface area contributed by atoms with E-state index in [9.17, 15) is 0 Å². The highest BCUT2D eigenvalue weighted by atomic mass is 15.2. The quantitative estimate of drug-likeness (QED) is 0.841. The van der Waals surface area contributed by atoms with Crippen LogP contribution in [0.4, 0.5) is 5.82 Å². The van der Waals surface area contributed by atoms with E-state index in [1.807, 2.05) is 12.1 Å². The third kappa shape index (κ3) is 3.10. The van der Waals surface area contributed by atoms with Crippen LogP contribution in [0.1, 0.15) is 44.1 Å². The molecule has 118 valence electrons. The van der Waals surface area contributed by atoms with Crippen molar-refractivity contribution in [2.75, 3.05) is 32.1 Å². The third-order valence-electron chi connectivity index (χ3n) is 5.77. The van der Waals surface area contributed by atoms with Gasteiger partial charge in [-0.15, -0.1) is 0 Å². The molecule has 0 aromatic carbocycles. The van der Waals surface area contributed by atoms with Crippen LogP contribution in [0, 0.1) is 16.7 Å². The Balaban J connectivity index is 1.57. The molecule has 2 fully saturated rings. The zero-order chi connectivity index (χ0) is 15.6. The van der Waals surface area contributed by atoms with Gasteiger partial charge in [0, 0.05) is 25.3 Å². The molecule has 4 nitrogen and oxygen atoms in total. The lowest BCUT2D eigenvalue weighted by molar-refractivity contribution is 0.0922. The van der Waals surface area contributed by atoms with Crippen LogP contribution in [-0.4, -0.2) is 43.1 Å². The van der Waals surface area contributed by atoms with Gasteiger partial charge >= 0.3 is 0 Å². The minimum atomic E-state index is 0.579. The van der Waals surface area contributed by atoms with Gasteiger partial charge in [-0.05, 0) is 70.2 Å². The zero-order valence-corrected chi connectivity index (χ0v) is 13.8. The van der Waals surface area contributed by atoms with Gasteiger partial charge in [-0.25, -0.2) is 4.98 Å². The average molecular weight is 298 g/mol. The molecule has 0 bridgehead atoms. The van der Waals surface area contributed by atoms with Crippen molar-refractivity contribution in [1.29, 1.82) is 5.26 Å². The second kappa shape index (κ2) is 6.26. The highest BCUT2D eigenvalue weighted by molar-refractivity contribution is 5.42. The summed E-state index contributed by atoms with van der Waals surface area (Å²) < 4.78 is 0. The molecule has 1 aliphatic carbocycles. The summed E-state index contributed by atoms with van der Waals surface area (Å²) in [5, 5.41) is 8.86. The molecule has 3 rings (SSSR count). The predicted octanol–water partition coefficient (Wildman–Crippen LogP) is 3.04. The van der Waals surface area contributed by atoms with Crippen molar-refractivity contribution in [2.24, 2.45) is 5.41 Å². The van der Waals surface area contributed by atoms with Crippen molar-refractivity contribution < 1.29 is 0 Å². The van der Waals surface area contributed by atoms with E-state index in [2.05, 4.69) is 34.9 Å². The number of nitriles is 1. The van der Waals surface area contributed by atoms with Crippen LogP contribution in [-0.2, 0) is 0 Å². The molecule has 4 heteroatoms. The van der Waals surface area contributed by atoms with Crippen molar-refractivity contribution in [1.82, 2.24) is 9.88 Å². The van der Waals surface area contributed by atoms with E-state index in [0.29, 0.717) is 11.0 Å². The Morgan fingerprint density at radius 2 is 1.86 bits per heavy atom. The number of hydrogen-bond donors (Lipinski definition) is 0. The summed E-state index contributed by atoms with van der Waals surface area (Å²) in [4.78, 5) is 9.21. The second-order valence-electron chi connectivity index (χ2n) is 7.20. The largest absolute Gasteiger partial charge is 0.357 e. The van der Waals surface area contributed by atoms with E-state index in [4.69, 9.17) is 5.26 Å². The van der Waals surface area contributed by atoms with E-state index in [1.54, 1.807) is 6.20 Å². The molecular formula is C18H26N4. The highest BCUT2D eigenvalue weighted by Crippen LogP contribution is 2.45. The van der Waals surface area contributed by atoms with E-state index in [-0.39, 0.29) is 0 Å². The van der Waals surface area contributed by atoms with Gasteiger partial charge in [0.1, 0.15) is 11.9 Å². The minimum absolute atomic E-state index is 0.579. The second-order valence-corrected chi connectivity index (χ2v) is 7.20. The number of pyridine rings is 1. The van der Waals surface area contributed by atoms with Crippen molar-refractivity contribution >= 4 is 5.82 Å². The van der Waals surface area contributed by atoms with Crippen LogP contribution in [0.5, 0.6) is 0 Å². The van der Waals surface area contributed by atoms with Gasteiger partial charge in [0.05, 0.1) is 5.56 Å². The molecule has 0 N–H and O–H groups in total. The summed E-state index contributed by atoms with van der Waals surface area (Å²) in [6.45, 7) is 2.21. The molecule has 0 atom stereocenters. The monoisotopic (exact) mass is 298 g/mol. The molecule has 1 aromatic heterocycles. The molecule has 22 heavy (non-hydrogen) atoms. The van der Waals surface area contributed by atoms with Crippen LogP contribution < -0.4 is 4.90 Å². The van der Waals surface area contributed by atoms with Gasteiger partial charge in [-0.2, -0.15) is 5.26 Å². The first kappa shape index (κ1) is 15.3. The molecular weight excluding hydrogens is 272 g/mol. The van der Waals surface area contributed by atoms with Crippen molar-refractivity contribution in [3.8, 4) is 6.07 Å². The molecule has 2 aliphatic rings. The number of anilines is 1. The smallest absolute Gasteiger partial charge is 0.128 e. The summed E-state index contributed by atoms with van der Waals surface area (Å²) in [5.41, 5.74) is 1.22. The van der Waals surface area contributed by atoms with Crippen LogP contribution in [0.2, 0.25) is 0 Å². The lowest BCUT2D eigenvalue weighted by Crippen LogP contribution is -2.44. The number of nitrogens with zero attached hydrogens (tertiary/aromatic N) is 4. The molecule has 2 heterocycles. The van der Waals surface area contributed by atoms with E-state index >= 15 is 0 Å². The summed E-state index contributed by atoms with van der Waals surface area (Å²) in [6.07, 6.45) is 9.71. The Kier molecular flexibility index (Phi) is 4.35. The summed E-state index contributed by atoms with van der Waals surface area (Å²) in [5.74, 6) is 1.02. The molecule has 0 amide bonds. The van der Waals surface area contributed by atoms with Gasteiger partial charge in [-0.3, -0.25) is 0 Å². The predicted molar refractivity (Wildman–Crippen MR) is 88.8 cm³/mol. The third-order valence-corrected chi connectivity index (χ3v) is 5.77. The summed E-state index contributed by atoms with van der Waals surface area (Å²) >= 11 is 0. The first-order valence-corrected chi connectivity index (χ1v) is 8.39. The SMILES string of the molecule is CN(C)C1CCC2(CC1)CCN(c1ccc(C#N)cn1)CC2.